The van der Waals surface area contributed by atoms with Crippen LogP contribution in [0.2, 0.25) is 0 Å². The first-order valence-corrected chi connectivity index (χ1v) is 7.60. The molecule has 112 valence electrons. The summed E-state index contributed by atoms with van der Waals surface area (Å²) in [6.07, 6.45) is 0. The SMILES string of the molecule is CN(C)S(=O)(=O)N1CCN(c2c(F)cccc2F)CC1. The predicted octanol–water partition coefficient (Wildman–Crippen LogP) is 0.893. The average molecular weight is 305 g/mol. The minimum atomic E-state index is -3.47. The zero-order chi connectivity index (χ0) is 14.9. The monoisotopic (exact) mass is 305 g/mol. The van der Waals surface area contributed by atoms with Gasteiger partial charge in [0.1, 0.15) is 17.3 Å². The Bertz CT molecular complexity index is 564. The molecule has 5 nitrogen and oxygen atoms in total. The van der Waals surface area contributed by atoms with Crippen LogP contribution in [-0.2, 0) is 10.2 Å². The van der Waals surface area contributed by atoms with Crippen LogP contribution in [0.15, 0.2) is 18.2 Å². The summed E-state index contributed by atoms with van der Waals surface area (Å²) in [6.45, 7) is 0.915. The number of rotatable bonds is 3. The number of para-hydroxylation sites is 1. The molecule has 1 saturated heterocycles. The van der Waals surface area contributed by atoms with Gasteiger partial charge in [0, 0.05) is 40.3 Å². The first-order chi connectivity index (χ1) is 9.34. The summed E-state index contributed by atoms with van der Waals surface area (Å²) in [5.41, 5.74) is -0.0885. The summed E-state index contributed by atoms with van der Waals surface area (Å²) < 4.78 is 53.7. The number of benzene rings is 1. The molecule has 0 aliphatic carbocycles. The van der Waals surface area contributed by atoms with Crippen LogP contribution in [0, 0.1) is 11.6 Å². The van der Waals surface area contributed by atoms with Gasteiger partial charge in [-0.2, -0.15) is 17.0 Å². The van der Waals surface area contributed by atoms with Gasteiger partial charge in [-0.05, 0) is 12.1 Å². The third-order valence-corrected chi connectivity index (χ3v) is 5.22. The summed E-state index contributed by atoms with van der Waals surface area (Å²) in [5, 5.41) is 0. The molecule has 0 aromatic heterocycles. The lowest BCUT2D eigenvalue weighted by molar-refractivity contribution is 0.353. The average Bonchev–Trinajstić information content (AvgIpc) is 2.39. The normalized spacial score (nSPS) is 17.8. The lowest BCUT2D eigenvalue weighted by Crippen LogP contribution is -2.52. The molecule has 8 heteroatoms. The van der Waals surface area contributed by atoms with E-state index in [4.69, 9.17) is 0 Å². The molecule has 1 aromatic carbocycles. The van der Waals surface area contributed by atoms with Crippen LogP contribution in [-0.4, -0.2) is 57.3 Å². The number of hydrogen-bond acceptors (Lipinski definition) is 3. The Balaban J connectivity index is 2.13. The Morgan fingerprint density at radius 2 is 1.55 bits per heavy atom. The summed E-state index contributed by atoms with van der Waals surface area (Å²) in [7, 11) is -0.560. The molecule has 1 aromatic rings. The Hall–Kier alpha value is -1.25. The number of nitrogens with zero attached hydrogens (tertiary/aromatic N) is 3. The van der Waals surface area contributed by atoms with E-state index in [9.17, 15) is 17.2 Å². The predicted molar refractivity (Wildman–Crippen MR) is 72.8 cm³/mol. The van der Waals surface area contributed by atoms with Crippen molar-refractivity contribution in [1.29, 1.82) is 0 Å². The van der Waals surface area contributed by atoms with E-state index in [-0.39, 0.29) is 31.9 Å². The number of piperazine rings is 1. The highest BCUT2D eigenvalue weighted by Gasteiger charge is 2.30. The van der Waals surface area contributed by atoms with E-state index in [1.165, 1.54) is 41.5 Å². The standard InChI is InChI=1S/C12H17F2N3O2S/c1-15(2)20(18,19)17-8-6-16(7-9-17)12-10(13)4-3-5-11(12)14/h3-5H,6-9H2,1-2H3. The van der Waals surface area contributed by atoms with Crippen LogP contribution in [0.5, 0.6) is 0 Å². The Labute approximate surface area is 117 Å². The van der Waals surface area contributed by atoms with Gasteiger partial charge in [-0.1, -0.05) is 6.07 Å². The van der Waals surface area contributed by atoms with Crippen LogP contribution in [0.1, 0.15) is 0 Å². The van der Waals surface area contributed by atoms with Crippen molar-refractivity contribution in [3.8, 4) is 0 Å². The highest BCUT2D eigenvalue weighted by molar-refractivity contribution is 7.86. The van der Waals surface area contributed by atoms with Gasteiger partial charge in [0.15, 0.2) is 0 Å². The summed E-state index contributed by atoms with van der Waals surface area (Å²) in [4.78, 5) is 1.53. The second-order valence-electron chi connectivity index (χ2n) is 4.75. The molecular weight excluding hydrogens is 288 g/mol. The van der Waals surface area contributed by atoms with E-state index in [1.54, 1.807) is 0 Å². The molecule has 1 aliphatic rings. The summed E-state index contributed by atoms with van der Waals surface area (Å²) in [6, 6.07) is 3.70. The third-order valence-electron chi connectivity index (χ3n) is 3.28. The van der Waals surface area contributed by atoms with E-state index >= 15 is 0 Å². The fraction of sp³-hybridized carbons (Fsp3) is 0.500. The van der Waals surface area contributed by atoms with E-state index < -0.39 is 21.8 Å². The second-order valence-corrected chi connectivity index (χ2v) is 6.89. The molecule has 0 spiro atoms. The molecule has 2 rings (SSSR count). The number of hydrogen-bond donors (Lipinski definition) is 0. The van der Waals surface area contributed by atoms with Gasteiger partial charge in [0.05, 0.1) is 0 Å². The molecule has 20 heavy (non-hydrogen) atoms. The number of halogens is 2. The van der Waals surface area contributed by atoms with Gasteiger partial charge >= 0.3 is 0 Å². The molecular formula is C12H17F2N3O2S. The maximum Gasteiger partial charge on any atom is 0.281 e. The molecule has 0 bridgehead atoms. The van der Waals surface area contributed by atoms with Gasteiger partial charge < -0.3 is 4.90 Å². The minimum Gasteiger partial charge on any atom is -0.364 e. The smallest absolute Gasteiger partial charge is 0.281 e. The lowest BCUT2D eigenvalue weighted by atomic mass is 10.2. The van der Waals surface area contributed by atoms with Gasteiger partial charge in [-0.15, -0.1) is 0 Å². The molecule has 0 saturated carbocycles. The Morgan fingerprint density at radius 1 is 1.05 bits per heavy atom. The van der Waals surface area contributed by atoms with E-state index in [0.29, 0.717) is 0 Å². The first-order valence-electron chi connectivity index (χ1n) is 6.20. The van der Waals surface area contributed by atoms with Crippen molar-refractivity contribution in [2.45, 2.75) is 0 Å². The lowest BCUT2D eigenvalue weighted by Gasteiger charge is -2.36. The topological polar surface area (TPSA) is 43.9 Å². The highest BCUT2D eigenvalue weighted by Crippen LogP contribution is 2.24. The van der Waals surface area contributed by atoms with Crippen molar-refractivity contribution in [2.24, 2.45) is 0 Å². The third kappa shape index (κ3) is 2.77. The zero-order valence-corrected chi connectivity index (χ0v) is 12.2. The molecule has 0 amide bonds. The molecule has 1 fully saturated rings. The van der Waals surface area contributed by atoms with E-state index in [1.807, 2.05) is 0 Å². The molecule has 0 radical (unpaired) electrons. The minimum absolute atomic E-state index is 0.0885. The van der Waals surface area contributed by atoms with Crippen molar-refractivity contribution in [1.82, 2.24) is 8.61 Å². The van der Waals surface area contributed by atoms with Crippen LogP contribution in [0.4, 0.5) is 14.5 Å². The molecule has 1 heterocycles. The zero-order valence-electron chi connectivity index (χ0n) is 11.4. The van der Waals surface area contributed by atoms with Crippen LogP contribution >= 0.6 is 0 Å². The van der Waals surface area contributed by atoms with Crippen molar-refractivity contribution in [2.75, 3.05) is 45.2 Å². The molecule has 0 unspecified atom stereocenters. The molecule has 0 N–H and O–H groups in total. The maximum absolute atomic E-state index is 13.7. The molecule has 1 aliphatic heterocycles. The Kier molecular flexibility index (Phi) is 4.26. The first kappa shape index (κ1) is 15.1. The van der Waals surface area contributed by atoms with E-state index in [0.717, 1.165) is 4.31 Å². The van der Waals surface area contributed by atoms with Crippen LogP contribution < -0.4 is 4.90 Å². The van der Waals surface area contributed by atoms with Gasteiger partial charge in [-0.25, -0.2) is 8.78 Å². The quantitative estimate of drug-likeness (QED) is 0.833. The van der Waals surface area contributed by atoms with Crippen LogP contribution in [0.25, 0.3) is 0 Å². The maximum atomic E-state index is 13.7. The number of anilines is 1. The fourth-order valence-corrected chi connectivity index (χ4v) is 3.25. The van der Waals surface area contributed by atoms with E-state index in [2.05, 4.69) is 0 Å². The Morgan fingerprint density at radius 3 is 2.00 bits per heavy atom. The molecule has 0 atom stereocenters. The van der Waals surface area contributed by atoms with Gasteiger partial charge in [-0.3, -0.25) is 0 Å². The van der Waals surface area contributed by atoms with Crippen molar-refractivity contribution >= 4 is 15.9 Å². The van der Waals surface area contributed by atoms with Crippen molar-refractivity contribution < 1.29 is 17.2 Å². The van der Waals surface area contributed by atoms with Crippen molar-refractivity contribution in [3.63, 3.8) is 0 Å². The van der Waals surface area contributed by atoms with Gasteiger partial charge in [0.2, 0.25) is 0 Å². The fourth-order valence-electron chi connectivity index (χ4n) is 2.16. The van der Waals surface area contributed by atoms with Gasteiger partial charge in [0.25, 0.3) is 10.2 Å². The van der Waals surface area contributed by atoms with Crippen LogP contribution in [0.3, 0.4) is 0 Å². The largest absolute Gasteiger partial charge is 0.364 e. The van der Waals surface area contributed by atoms with Crippen molar-refractivity contribution in [3.05, 3.63) is 29.8 Å². The summed E-state index contributed by atoms with van der Waals surface area (Å²) in [5.74, 6) is -1.26. The summed E-state index contributed by atoms with van der Waals surface area (Å²) >= 11 is 0. The highest BCUT2D eigenvalue weighted by atomic mass is 32.2. The second kappa shape index (κ2) is 5.63.